The lowest BCUT2D eigenvalue weighted by Gasteiger charge is -2.36. The molecule has 4 aromatic rings. The molecule has 2 heterocycles. The van der Waals surface area contributed by atoms with E-state index in [1.165, 1.54) is 5.56 Å². The summed E-state index contributed by atoms with van der Waals surface area (Å²) < 4.78 is 3.45. The van der Waals surface area contributed by atoms with Crippen molar-refractivity contribution in [3.05, 3.63) is 81.6 Å². The highest BCUT2D eigenvalue weighted by Gasteiger charge is 2.39. The Morgan fingerprint density at radius 1 is 1.07 bits per heavy atom. The van der Waals surface area contributed by atoms with Gasteiger partial charge in [0.05, 0.1) is 17.8 Å². The summed E-state index contributed by atoms with van der Waals surface area (Å²) in [6, 6.07) is 18.2. The standard InChI is InChI=1S/C22H21N5O/c1-3-22(2)13-16-11-7-8-12-17(16)19-18(22)20(28)26(21-23-24-25-27(19)21)14-15-9-5-4-6-10-15/h4-12H,3,13-14H2,1-2H3/t22-/m1/s1. The number of hydrogen-bond donors (Lipinski definition) is 0. The number of rotatable bonds is 3. The molecule has 0 saturated carbocycles. The third kappa shape index (κ3) is 2.34. The van der Waals surface area contributed by atoms with Crippen LogP contribution in [0.1, 0.15) is 37.0 Å². The molecule has 1 atom stereocenters. The van der Waals surface area contributed by atoms with E-state index in [4.69, 9.17) is 0 Å². The molecule has 5 rings (SSSR count). The fourth-order valence-electron chi connectivity index (χ4n) is 4.35. The van der Waals surface area contributed by atoms with Gasteiger partial charge in [0, 0.05) is 11.0 Å². The Morgan fingerprint density at radius 2 is 1.82 bits per heavy atom. The topological polar surface area (TPSA) is 65.1 Å². The van der Waals surface area contributed by atoms with Crippen LogP contribution in [-0.2, 0) is 18.4 Å². The van der Waals surface area contributed by atoms with Crippen LogP contribution < -0.4 is 5.56 Å². The Labute approximate surface area is 162 Å². The minimum atomic E-state index is -0.265. The molecule has 0 radical (unpaired) electrons. The Morgan fingerprint density at radius 3 is 2.61 bits per heavy atom. The molecular formula is C22H21N5O. The van der Waals surface area contributed by atoms with Gasteiger partial charge in [0.1, 0.15) is 0 Å². The summed E-state index contributed by atoms with van der Waals surface area (Å²) in [5.74, 6) is 0.475. The summed E-state index contributed by atoms with van der Waals surface area (Å²) in [6.07, 6.45) is 1.70. The minimum Gasteiger partial charge on any atom is -0.271 e. The van der Waals surface area contributed by atoms with Crippen molar-refractivity contribution in [2.45, 2.75) is 38.6 Å². The second-order valence-corrected chi connectivity index (χ2v) is 7.74. The molecule has 0 unspecified atom stereocenters. The van der Waals surface area contributed by atoms with E-state index in [-0.39, 0.29) is 11.0 Å². The van der Waals surface area contributed by atoms with Crippen LogP contribution in [0.2, 0.25) is 0 Å². The molecule has 0 aliphatic heterocycles. The first-order valence-corrected chi connectivity index (χ1v) is 9.60. The van der Waals surface area contributed by atoms with Crippen LogP contribution in [0.4, 0.5) is 0 Å². The second-order valence-electron chi connectivity index (χ2n) is 7.74. The average Bonchev–Trinajstić information content (AvgIpc) is 3.21. The van der Waals surface area contributed by atoms with Gasteiger partial charge in [-0.3, -0.25) is 9.36 Å². The first-order chi connectivity index (χ1) is 13.6. The molecule has 0 bridgehead atoms. The number of aromatic nitrogens is 5. The van der Waals surface area contributed by atoms with E-state index in [2.05, 4.69) is 41.5 Å². The Kier molecular flexibility index (Phi) is 3.69. The summed E-state index contributed by atoms with van der Waals surface area (Å²) in [4.78, 5) is 13.8. The third-order valence-corrected chi connectivity index (χ3v) is 6.02. The highest BCUT2D eigenvalue weighted by atomic mass is 16.1. The van der Waals surface area contributed by atoms with E-state index in [1.807, 2.05) is 42.5 Å². The zero-order valence-electron chi connectivity index (χ0n) is 16.0. The van der Waals surface area contributed by atoms with Gasteiger partial charge in [0.25, 0.3) is 11.3 Å². The quantitative estimate of drug-likeness (QED) is 0.555. The fraction of sp³-hybridized carbons (Fsp3) is 0.273. The van der Waals surface area contributed by atoms with Gasteiger partial charge < -0.3 is 0 Å². The molecule has 140 valence electrons. The fourth-order valence-corrected chi connectivity index (χ4v) is 4.35. The maximum atomic E-state index is 13.8. The normalized spacial score (nSPS) is 18.1. The van der Waals surface area contributed by atoms with Gasteiger partial charge in [-0.25, -0.2) is 0 Å². The summed E-state index contributed by atoms with van der Waals surface area (Å²) in [5, 5.41) is 12.4. The van der Waals surface area contributed by atoms with Crippen molar-refractivity contribution < 1.29 is 0 Å². The molecule has 6 heteroatoms. The second kappa shape index (κ2) is 6.12. The van der Waals surface area contributed by atoms with Gasteiger partial charge in [-0.1, -0.05) is 73.5 Å². The van der Waals surface area contributed by atoms with Gasteiger partial charge in [0.15, 0.2) is 0 Å². The van der Waals surface area contributed by atoms with E-state index in [1.54, 1.807) is 9.08 Å². The number of benzene rings is 2. The van der Waals surface area contributed by atoms with Crippen molar-refractivity contribution in [1.82, 2.24) is 24.6 Å². The van der Waals surface area contributed by atoms with Crippen LogP contribution in [-0.4, -0.2) is 24.6 Å². The Balaban J connectivity index is 1.87. The maximum absolute atomic E-state index is 13.8. The first kappa shape index (κ1) is 16.9. The molecule has 28 heavy (non-hydrogen) atoms. The van der Waals surface area contributed by atoms with Crippen LogP contribution in [0.3, 0.4) is 0 Å². The van der Waals surface area contributed by atoms with E-state index < -0.39 is 0 Å². The van der Waals surface area contributed by atoms with Crippen molar-refractivity contribution in [3.63, 3.8) is 0 Å². The lowest BCUT2D eigenvalue weighted by atomic mass is 9.69. The summed E-state index contributed by atoms with van der Waals surface area (Å²) in [6.45, 7) is 4.76. The molecule has 1 aliphatic rings. The molecule has 0 fully saturated rings. The van der Waals surface area contributed by atoms with Crippen molar-refractivity contribution in [2.75, 3.05) is 0 Å². The summed E-state index contributed by atoms with van der Waals surface area (Å²) in [7, 11) is 0. The van der Waals surface area contributed by atoms with Crippen LogP contribution >= 0.6 is 0 Å². The van der Waals surface area contributed by atoms with Crippen molar-refractivity contribution in [3.8, 4) is 11.3 Å². The largest absolute Gasteiger partial charge is 0.271 e. The maximum Gasteiger partial charge on any atom is 0.259 e. The van der Waals surface area contributed by atoms with Crippen molar-refractivity contribution in [2.24, 2.45) is 0 Å². The van der Waals surface area contributed by atoms with Gasteiger partial charge in [-0.05, 0) is 34.4 Å². The van der Waals surface area contributed by atoms with E-state index in [9.17, 15) is 4.79 Å². The average molecular weight is 371 g/mol. The molecule has 0 saturated heterocycles. The predicted octanol–water partition coefficient (Wildman–Crippen LogP) is 3.23. The zero-order chi connectivity index (χ0) is 19.3. The molecule has 0 spiro atoms. The molecule has 6 nitrogen and oxygen atoms in total. The summed E-state index contributed by atoms with van der Waals surface area (Å²) >= 11 is 0. The third-order valence-electron chi connectivity index (χ3n) is 6.02. The van der Waals surface area contributed by atoms with Crippen LogP contribution in [0, 0.1) is 0 Å². The zero-order valence-corrected chi connectivity index (χ0v) is 16.0. The summed E-state index contributed by atoms with van der Waals surface area (Å²) in [5.41, 5.74) is 4.70. The van der Waals surface area contributed by atoms with Crippen molar-refractivity contribution in [1.29, 1.82) is 0 Å². The van der Waals surface area contributed by atoms with Gasteiger partial charge >= 0.3 is 0 Å². The highest BCUT2D eigenvalue weighted by molar-refractivity contribution is 5.73. The van der Waals surface area contributed by atoms with Crippen LogP contribution in [0.15, 0.2) is 59.4 Å². The molecule has 2 aromatic carbocycles. The Hall–Kier alpha value is -3.28. The number of tetrazole rings is 1. The van der Waals surface area contributed by atoms with E-state index >= 15 is 0 Å². The number of fused-ring (bicyclic) bond motifs is 5. The first-order valence-electron chi connectivity index (χ1n) is 9.60. The van der Waals surface area contributed by atoms with Gasteiger partial charge in [0.2, 0.25) is 0 Å². The highest BCUT2D eigenvalue weighted by Crippen LogP contribution is 2.43. The molecule has 0 amide bonds. The lowest BCUT2D eigenvalue weighted by Crippen LogP contribution is -2.40. The lowest BCUT2D eigenvalue weighted by molar-refractivity contribution is 0.434. The number of nitrogens with zero attached hydrogens (tertiary/aromatic N) is 5. The van der Waals surface area contributed by atoms with Gasteiger partial charge in [-0.15, -0.1) is 0 Å². The van der Waals surface area contributed by atoms with Crippen molar-refractivity contribution >= 4 is 5.78 Å². The molecule has 1 aliphatic carbocycles. The SMILES string of the molecule is CC[C@]1(C)Cc2ccccc2-c2c1c(=O)n(Cc1ccccc1)c1nnnn21. The molecule has 2 aromatic heterocycles. The van der Waals surface area contributed by atoms with E-state index in [0.29, 0.717) is 12.3 Å². The minimum absolute atomic E-state index is 0.00000567. The van der Waals surface area contributed by atoms with E-state index in [0.717, 1.165) is 35.2 Å². The van der Waals surface area contributed by atoms with Crippen LogP contribution in [0.25, 0.3) is 17.0 Å². The molecular weight excluding hydrogens is 350 g/mol. The van der Waals surface area contributed by atoms with Gasteiger partial charge in [-0.2, -0.15) is 4.52 Å². The molecule has 0 N–H and O–H groups in total. The number of hydrogen-bond acceptors (Lipinski definition) is 4. The Bertz CT molecular complexity index is 1240. The predicted molar refractivity (Wildman–Crippen MR) is 107 cm³/mol. The smallest absolute Gasteiger partial charge is 0.259 e. The van der Waals surface area contributed by atoms with Crippen LogP contribution in [0.5, 0.6) is 0 Å². The monoisotopic (exact) mass is 371 g/mol.